The predicted octanol–water partition coefficient (Wildman–Crippen LogP) is 6.11. The van der Waals surface area contributed by atoms with E-state index >= 15 is 4.39 Å². The van der Waals surface area contributed by atoms with E-state index < -0.39 is 47.2 Å². The van der Waals surface area contributed by atoms with Crippen LogP contribution in [-0.2, 0) is 25.2 Å². The number of methoxy groups -OCH3 is 3. The van der Waals surface area contributed by atoms with E-state index in [9.17, 15) is 27.9 Å². The number of hydrogen-bond donors (Lipinski definition) is 1. The van der Waals surface area contributed by atoms with Crippen molar-refractivity contribution in [2.24, 2.45) is 5.92 Å². The molecule has 1 saturated carbocycles. The summed E-state index contributed by atoms with van der Waals surface area (Å²) >= 11 is 0. The molecule has 1 amide bonds. The quantitative estimate of drug-likeness (QED) is 0.295. The zero-order chi connectivity index (χ0) is 36.5. The Bertz CT molecular complexity index is 1530. The highest BCUT2D eigenvalue weighted by atomic mass is 19.4. The molecule has 0 aromatic heterocycles. The minimum Gasteiger partial charge on any atom is -0.497 e. The Balaban J connectivity index is 1.30. The molecule has 280 valence electrons. The molecule has 2 aromatic carbocycles. The van der Waals surface area contributed by atoms with Gasteiger partial charge in [-0.25, -0.2) is 4.39 Å². The van der Waals surface area contributed by atoms with Gasteiger partial charge in [0.25, 0.3) is 5.91 Å². The van der Waals surface area contributed by atoms with Crippen molar-refractivity contribution in [3.05, 3.63) is 59.2 Å². The van der Waals surface area contributed by atoms with E-state index in [0.29, 0.717) is 61.5 Å². The van der Waals surface area contributed by atoms with E-state index in [2.05, 4.69) is 4.90 Å². The average molecular weight is 720 g/mol. The van der Waals surface area contributed by atoms with Gasteiger partial charge in [0.15, 0.2) is 0 Å². The second-order valence-electron chi connectivity index (χ2n) is 14.7. The maximum Gasteiger partial charge on any atom is 0.416 e. The van der Waals surface area contributed by atoms with Gasteiger partial charge in [0.1, 0.15) is 5.75 Å². The maximum atomic E-state index is 17.9. The van der Waals surface area contributed by atoms with E-state index in [4.69, 9.17) is 14.2 Å². The summed E-state index contributed by atoms with van der Waals surface area (Å²) < 4.78 is 76.2. The molecule has 3 heterocycles. The third-order valence-corrected chi connectivity index (χ3v) is 11.8. The number of carboxylic acids is 1. The SMILES string of the molecule is COC[C@@H]1C[C@@H](c2ccc(C(F)(F)F)cc2N2CCC(C(=O)O)CC2)CN1C(=O)[C@]1(F)CN([C@H]2CC[C@H](OC)CC2)C[C@H]1c1ccc(OC)cc1. The maximum absolute atomic E-state index is 17.9. The Labute approximate surface area is 296 Å². The highest BCUT2D eigenvalue weighted by Gasteiger charge is 2.58. The van der Waals surface area contributed by atoms with Crippen molar-refractivity contribution in [3.8, 4) is 5.75 Å². The first-order valence-corrected chi connectivity index (χ1v) is 17.9. The molecule has 1 aliphatic carbocycles. The summed E-state index contributed by atoms with van der Waals surface area (Å²) in [4.78, 5) is 31.9. The van der Waals surface area contributed by atoms with E-state index in [0.717, 1.165) is 37.8 Å². The lowest BCUT2D eigenvalue weighted by Gasteiger charge is -2.35. The van der Waals surface area contributed by atoms with Crippen molar-refractivity contribution in [3.63, 3.8) is 0 Å². The van der Waals surface area contributed by atoms with Gasteiger partial charge in [0, 0.05) is 70.5 Å². The number of halogens is 4. The van der Waals surface area contributed by atoms with Crippen LogP contribution in [-0.4, -0.2) is 111 Å². The van der Waals surface area contributed by atoms with Gasteiger partial charge in [-0.2, -0.15) is 13.2 Å². The number of carbonyl (C=O) groups excluding carboxylic acids is 1. The van der Waals surface area contributed by atoms with Crippen LogP contribution in [0.25, 0.3) is 0 Å². The van der Waals surface area contributed by atoms with Crippen molar-refractivity contribution in [2.45, 2.75) is 86.8 Å². The van der Waals surface area contributed by atoms with Crippen LogP contribution in [0.15, 0.2) is 42.5 Å². The third-order valence-electron chi connectivity index (χ3n) is 11.8. The van der Waals surface area contributed by atoms with Crippen LogP contribution < -0.4 is 9.64 Å². The standard InChI is InChI=1S/C38H49F4N3O6/c1-49-22-29-18-26(32-13-6-27(38(40,41)42)19-34(32)43-16-14-25(15-17-43)35(46)47)20-45(29)36(48)37(39)23-44(28-7-11-31(51-3)12-8-28)21-33(37)24-4-9-30(50-2)10-5-24/h4-6,9-10,13,19,25-26,28-29,31,33H,7-8,11-12,14-18,20-23H2,1-3H3,(H,46,47)/t26-,28-,29+,31-,33+,37+/m1/s1. The predicted molar refractivity (Wildman–Crippen MR) is 183 cm³/mol. The van der Waals surface area contributed by atoms with Crippen LogP contribution in [0.1, 0.15) is 73.5 Å². The monoisotopic (exact) mass is 719 g/mol. The van der Waals surface area contributed by atoms with E-state index in [1.54, 1.807) is 31.3 Å². The molecule has 2 aromatic rings. The first-order valence-electron chi connectivity index (χ1n) is 17.9. The summed E-state index contributed by atoms with van der Waals surface area (Å²) in [7, 11) is 4.79. The molecular weight excluding hydrogens is 670 g/mol. The van der Waals surface area contributed by atoms with Gasteiger partial charge in [-0.15, -0.1) is 0 Å². The average Bonchev–Trinajstić information content (AvgIpc) is 3.72. The number of amides is 1. The fourth-order valence-corrected chi connectivity index (χ4v) is 8.88. The fourth-order valence-electron chi connectivity index (χ4n) is 8.88. The number of aliphatic carboxylic acids is 1. The molecule has 4 fully saturated rings. The number of piperidine rings is 1. The number of hydrogen-bond acceptors (Lipinski definition) is 7. The smallest absolute Gasteiger partial charge is 0.416 e. The molecule has 0 unspecified atom stereocenters. The summed E-state index contributed by atoms with van der Waals surface area (Å²) in [6, 6.07) is 10.5. The van der Waals surface area contributed by atoms with Crippen LogP contribution >= 0.6 is 0 Å². The van der Waals surface area contributed by atoms with Crippen molar-refractivity contribution in [2.75, 3.05) is 65.6 Å². The summed E-state index contributed by atoms with van der Waals surface area (Å²) in [6.07, 6.45) is 0.0343. The lowest BCUT2D eigenvalue weighted by atomic mass is 9.85. The second-order valence-corrected chi connectivity index (χ2v) is 14.7. The molecule has 4 atom stereocenters. The van der Waals surface area contributed by atoms with Crippen LogP contribution in [0.4, 0.5) is 23.2 Å². The van der Waals surface area contributed by atoms with Crippen molar-refractivity contribution in [1.82, 2.24) is 9.80 Å². The van der Waals surface area contributed by atoms with Gasteiger partial charge in [-0.1, -0.05) is 18.2 Å². The van der Waals surface area contributed by atoms with Crippen molar-refractivity contribution < 1.29 is 46.5 Å². The number of benzene rings is 2. The molecule has 4 aliphatic rings. The van der Waals surface area contributed by atoms with Gasteiger partial charge < -0.3 is 29.1 Å². The topological polar surface area (TPSA) is 91.8 Å². The molecule has 6 rings (SSSR count). The number of carbonyl (C=O) groups is 2. The molecule has 13 heteroatoms. The summed E-state index contributed by atoms with van der Waals surface area (Å²) in [5.41, 5.74) is -1.33. The van der Waals surface area contributed by atoms with Gasteiger partial charge in [0.2, 0.25) is 5.67 Å². The third kappa shape index (κ3) is 7.71. The Morgan fingerprint density at radius 2 is 1.63 bits per heavy atom. The van der Waals surface area contributed by atoms with Crippen LogP contribution in [0.2, 0.25) is 0 Å². The van der Waals surface area contributed by atoms with Crippen molar-refractivity contribution in [1.29, 1.82) is 0 Å². The van der Waals surface area contributed by atoms with E-state index in [1.165, 1.54) is 13.2 Å². The fraction of sp³-hybridized carbons (Fsp3) is 0.632. The molecule has 0 bridgehead atoms. The summed E-state index contributed by atoms with van der Waals surface area (Å²) in [6.45, 7) is 1.17. The van der Waals surface area contributed by atoms with E-state index in [-0.39, 0.29) is 37.8 Å². The molecule has 0 radical (unpaired) electrons. The highest BCUT2D eigenvalue weighted by Crippen LogP contribution is 2.47. The minimum atomic E-state index is -4.57. The number of rotatable bonds is 10. The normalized spacial score (nSPS) is 29.4. The van der Waals surface area contributed by atoms with Gasteiger partial charge in [-0.05, 0) is 80.3 Å². The second kappa shape index (κ2) is 15.3. The largest absolute Gasteiger partial charge is 0.497 e. The zero-order valence-electron chi connectivity index (χ0n) is 29.5. The van der Waals surface area contributed by atoms with Crippen LogP contribution in [0, 0.1) is 5.92 Å². The molecule has 9 nitrogen and oxygen atoms in total. The van der Waals surface area contributed by atoms with Gasteiger partial charge >= 0.3 is 12.1 Å². The molecular formula is C38H49F4N3O6. The minimum absolute atomic E-state index is 0.0598. The van der Waals surface area contributed by atoms with E-state index in [1.807, 2.05) is 17.0 Å². The summed E-state index contributed by atoms with van der Waals surface area (Å²) in [5.74, 6) is -2.58. The number of nitrogens with zero attached hydrogens (tertiary/aromatic N) is 3. The van der Waals surface area contributed by atoms with Gasteiger partial charge in [-0.3, -0.25) is 14.5 Å². The molecule has 3 saturated heterocycles. The van der Waals surface area contributed by atoms with Crippen molar-refractivity contribution >= 4 is 17.6 Å². The lowest BCUT2D eigenvalue weighted by Crippen LogP contribution is -2.53. The number of anilines is 1. The number of likely N-dealkylation sites (tertiary alicyclic amines) is 2. The lowest BCUT2D eigenvalue weighted by molar-refractivity contribution is -0.146. The number of carboxylic acid groups (broad SMARTS) is 1. The first kappa shape index (κ1) is 37.3. The number of alkyl halides is 4. The Kier molecular flexibility index (Phi) is 11.2. The van der Waals surface area contributed by atoms with Crippen LogP contribution in [0.5, 0.6) is 5.75 Å². The molecule has 0 spiro atoms. The van der Waals surface area contributed by atoms with Crippen LogP contribution in [0.3, 0.4) is 0 Å². The molecule has 1 N–H and O–H groups in total. The molecule has 3 aliphatic heterocycles. The van der Waals surface area contributed by atoms with Gasteiger partial charge in [0.05, 0.1) is 37.3 Å². The Morgan fingerprint density at radius 3 is 2.22 bits per heavy atom. The number of ether oxygens (including phenoxy) is 3. The zero-order valence-corrected chi connectivity index (χ0v) is 29.5. The highest BCUT2D eigenvalue weighted by molar-refractivity contribution is 5.88. The Hall–Kier alpha value is -3.42. The summed E-state index contributed by atoms with van der Waals surface area (Å²) in [5, 5.41) is 9.51. The first-order chi connectivity index (χ1) is 24.4. The Morgan fingerprint density at radius 1 is 0.941 bits per heavy atom. The molecule has 51 heavy (non-hydrogen) atoms.